The number of hydrogen-bond acceptors (Lipinski definition) is 2. The van der Waals surface area contributed by atoms with Gasteiger partial charge < -0.3 is 9.47 Å². The fourth-order valence-corrected chi connectivity index (χ4v) is 5.00. The van der Waals surface area contributed by atoms with Crippen LogP contribution >= 0.6 is 0 Å². The Morgan fingerprint density at radius 3 is 1.88 bits per heavy atom. The van der Waals surface area contributed by atoms with Gasteiger partial charge in [-0.15, -0.1) is 0 Å². The molecule has 0 N–H and O–H groups in total. The molecule has 0 bridgehead atoms. The van der Waals surface area contributed by atoms with Crippen LogP contribution in [0.3, 0.4) is 0 Å². The first-order valence-corrected chi connectivity index (χ1v) is 10.4. The molecule has 1 rings (SSSR count). The minimum atomic E-state index is -0.101. The van der Waals surface area contributed by atoms with E-state index >= 15 is 0 Å². The Labute approximate surface area is 159 Å². The van der Waals surface area contributed by atoms with Gasteiger partial charge in [-0.2, -0.15) is 0 Å². The molecule has 0 aromatic heterocycles. The van der Waals surface area contributed by atoms with E-state index in [4.69, 9.17) is 9.47 Å². The first kappa shape index (κ1) is 24.9. The van der Waals surface area contributed by atoms with Crippen molar-refractivity contribution in [1.82, 2.24) is 0 Å². The Bertz CT molecular complexity index is 374. The highest BCUT2D eigenvalue weighted by Gasteiger charge is 2.37. The van der Waals surface area contributed by atoms with E-state index in [1.165, 1.54) is 6.42 Å². The van der Waals surface area contributed by atoms with Crippen LogP contribution in [0.25, 0.3) is 0 Å². The van der Waals surface area contributed by atoms with E-state index in [1.54, 1.807) is 0 Å². The fourth-order valence-electron chi connectivity index (χ4n) is 5.00. The summed E-state index contributed by atoms with van der Waals surface area (Å²) in [7, 11) is 0. The van der Waals surface area contributed by atoms with Gasteiger partial charge >= 0.3 is 0 Å². The molecule has 2 nitrogen and oxygen atoms in total. The van der Waals surface area contributed by atoms with Crippen LogP contribution < -0.4 is 0 Å². The normalized spacial score (nSPS) is 26.9. The van der Waals surface area contributed by atoms with Crippen molar-refractivity contribution in [2.24, 2.45) is 16.2 Å². The van der Waals surface area contributed by atoms with E-state index in [-0.39, 0.29) is 17.1 Å². The largest absolute Gasteiger partial charge is 0.373 e. The van der Waals surface area contributed by atoms with Gasteiger partial charge in [-0.1, -0.05) is 62.3 Å². The zero-order valence-electron chi connectivity index (χ0n) is 19.5. The summed E-state index contributed by atoms with van der Waals surface area (Å²) in [6.07, 6.45) is 5.01. The smallest absolute Gasteiger partial charge is 0.0817 e. The third kappa shape index (κ3) is 11.3. The summed E-state index contributed by atoms with van der Waals surface area (Å²) in [5, 5.41) is 0. The lowest BCUT2D eigenvalue weighted by Gasteiger charge is -2.43. The van der Waals surface area contributed by atoms with Crippen molar-refractivity contribution in [3.8, 4) is 0 Å². The van der Waals surface area contributed by atoms with Crippen LogP contribution in [0.5, 0.6) is 0 Å². The maximum atomic E-state index is 6.36. The fraction of sp³-hybridized carbons (Fsp3) is 1.00. The second-order valence-corrected chi connectivity index (χ2v) is 11.3. The molecule has 0 aromatic carbocycles. The van der Waals surface area contributed by atoms with Crippen LogP contribution in [0.1, 0.15) is 109 Å². The molecular formula is C23H48O2. The lowest BCUT2D eigenvalue weighted by molar-refractivity contribution is -0.134. The van der Waals surface area contributed by atoms with Gasteiger partial charge in [-0.05, 0) is 62.7 Å². The van der Waals surface area contributed by atoms with Gasteiger partial charge in [0.05, 0.1) is 24.4 Å². The van der Waals surface area contributed by atoms with E-state index in [0.717, 1.165) is 19.3 Å². The average Bonchev–Trinajstić information content (AvgIpc) is 2.31. The molecule has 2 unspecified atom stereocenters. The van der Waals surface area contributed by atoms with Crippen molar-refractivity contribution in [3.63, 3.8) is 0 Å². The minimum absolute atomic E-state index is 0.101. The van der Waals surface area contributed by atoms with Gasteiger partial charge in [0.1, 0.15) is 0 Å². The molecule has 1 fully saturated rings. The lowest BCUT2D eigenvalue weighted by Crippen LogP contribution is -2.40. The number of hydrogen-bond donors (Lipinski definition) is 0. The van der Waals surface area contributed by atoms with Gasteiger partial charge in [0.15, 0.2) is 0 Å². The maximum Gasteiger partial charge on any atom is 0.0817 e. The van der Waals surface area contributed by atoms with E-state index in [2.05, 4.69) is 69.2 Å². The first-order chi connectivity index (χ1) is 11.1. The van der Waals surface area contributed by atoms with Crippen LogP contribution in [0.2, 0.25) is 0 Å². The Morgan fingerprint density at radius 2 is 1.40 bits per heavy atom. The predicted octanol–water partition coefficient (Wildman–Crippen LogP) is 7.25. The van der Waals surface area contributed by atoms with Crippen LogP contribution in [-0.2, 0) is 9.47 Å². The highest BCUT2D eigenvalue weighted by Crippen LogP contribution is 2.43. The summed E-state index contributed by atoms with van der Waals surface area (Å²) in [4.78, 5) is 0. The summed E-state index contributed by atoms with van der Waals surface area (Å²) in [5.41, 5.74) is 0.824. The summed E-state index contributed by atoms with van der Waals surface area (Å²) >= 11 is 0. The summed E-state index contributed by atoms with van der Waals surface area (Å²) in [6, 6.07) is 0. The van der Waals surface area contributed by atoms with Gasteiger partial charge in [0.25, 0.3) is 0 Å². The van der Waals surface area contributed by atoms with Crippen LogP contribution in [-0.4, -0.2) is 24.4 Å². The van der Waals surface area contributed by atoms with E-state index in [9.17, 15) is 0 Å². The molecule has 0 amide bonds. The molecule has 0 aliphatic carbocycles. The van der Waals surface area contributed by atoms with E-state index < -0.39 is 0 Å². The Hall–Kier alpha value is -0.0800. The summed E-state index contributed by atoms with van der Waals surface area (Å²) < 4.78 is 12.7. The molecule has 25 heavy (non-hydrogen) atoms. The van der Waals surface area contributed by atoms with Crippen molar-refractivity contribution in [2.75, 3.05) is 6.61 Å². The van der Waals surface area contributed by atoms with Gasteiger partial charge in [0.2, 0.25) is 0 Å². The number of ether oxygens (including phenoxy) is 2. The van der Waals surface area contributed by atoms with Crippen molar-refractivity contribution in [3.05, 3.63) is 0 Å². The molecular weight excluding hydrogens is 308 g/mol. The molecule has 0 radical (unpaired) electrons. The van der Waals surface area contributed by atoms with Crippen LogP contribution in [0.4, 0.5) is 0 Å². The Balaban J connectivity index is 0.00000277. The summed E-state index contributed by atoms with van der Waals surface area (Å²) in [5.74, 6) is 0. The van der Waals surface area contributed by atoms with Crippen molar-refractivity contribution < 1.29 is 9.47 Å². The SMILES string of the molecule is CC.CC1CC(C)(C)CC(C)(C)CC(COC(C)(C)CC(C)(C)C)O1. The average molecular weight is 357 g/mol. The quantitative estimate of drug-likeness (QED) is 0.528. The Kier molecular flexibility index (Phi) is 9.19. The minimum Gasteiger partial charge on any atom is -0.373 e. The molecule has 1 saturated heterocycles. The number of rotatable bonds is 4. The summed E-state index contributed by atoms with van der Waals surface area (Å²) in [6.45, 7) is 27.7. The Morgan fingerprint density at radius 1 is 0.920 bits per heavy atom. The van der Waals surface area contributed by atoms with Gasteiger partial charge in [-0.25, -0.2) is 0 Å². The predicted molar refractivity (Wildman–Crippen MR) is 111 cm³/mol. The monoisotopic (exact) mass is 356 g/mol. The zero-order chi connectivity index (χ0) is 20.1. The highest BCUT2D eigenvalue weighted by molar-refractivity contribution is 4.86. The molecule has 0 saturated carbocycles. The molecule has 1 aliphatic heterocycles. The molecule has 0 spiro atoms. The van der Waals surface area contributed by atoms with E-state index in [1.807, 2.05) is 13.8 Å². The standard InChI is InChI=1S/C21H42O2.C2H6/c1-16-11-19(5,6)15-20(7,8)12-17(23-16)13-22-21(9,10)14-18(2,3)4;1-2/h16-17H,11-15H2,1-10H3;1-2H3. The topological polar surface area (TPSA) is 18.5 Å². The van der Waals surface area contributed by atoms with Crippen molar-refractivity contribution in [1.29, 1.82) is 0 Å². The maximum absolute atomic E-state index is 6.36. The molecule has 2 atom stereocenters. The molecule has 152 valence electrons. The van der Waals surface area contributed by atoms with Crippen LogP contribution in [0, 0.1) is 16.2 Å². The third-order valence-corrected chi connectivity index (χ3v) is 4.62. The van der Waals surface area contributed by atoms with E-state index in [0.29, 0.717) is 23.5 Å². The molecule has 1 aliphatic rings. The van der Waals surface area contributed by atoms with Gasteiger partial charge in [0, 0.05) is 0 Å². The lowest BCUT2D eigenvalue weighted by atomic mass is 9.69. The highest BCUT2D eigenvalue weighted by atomic mass is 16.5. The second-order valence-electron chi connectivity index (χ2n) is 11.3. The van der Waals surface area contributed by atoms with Crippen molar-refractivity contribution >= 4 is 0 Å². The third-order valence-electron chi connectivity index (χ3n) is 4.62. The molecule has 1 heterocycles. The second kappa shape index (κ2) is 9.22. The molecule has 0 aromatic rings. The zero-order valence-corrected chi connectivity index (χ0v) is 19.5. The molecule has 2 heteroatoms. The van der Waals surface area contributed by atoms with Crippen molar-refractivity contribution in [2.45, 2.75) is 127 Å². The van der Waals surface area contributed by atoms with Crippen LogP contribution in [0.15, 0.2) is 0 Å². The van der Waals surface area contributed by atoms with Gasteiger partial charge in [-0.3, -0.25) is 0 Å². The first-order valence-electron chi connectivity index (χ1n) is 10.4.